The Hall–Kier alpha value is -1.39. The SMILES string of the molecule is CNC(=O)c1cccc(CCN[C@@H]2CCO[C@H](C)C2)c1. The topological polar surface area (TPSA) is 50.4 Å². The molecule has 0 aromatic heterocycles. The van der Waals surface area contributed by atoms with Gasteiger partial charge in [0, 0.05) is 25.3 Å². The highest BCUT2D eigenvalue weighted by Gasteiger charge is 2.18. The molecule has 4 nitrogen and oxygen atoms in total. The second kappa shape index (κ2) is 7.41. The second-order valence-corrected chi connectivity index (χ2v) is 5.39. The van der Waals surface area contributed by atoms with Crippen molar-refractivity contribution in [2.45, 2.75) is 38.3 Å². The highest BCUT2D eigenvalue weighted by atomic mass is 16.5. The fraction of sp³-hybridized carbons (Fsp3) is 0.562. The molecule has 2 N–H and O–H groups in total. The Morgan fingerprint density at radius 1 is 1.45 bits per heavy atom. The van der Waals surface area contributed by atoms with Crippen LogP contribution in [0.3, 0.4) is 0 Å². The summed E-state index contributed by atoms with van der Waals surface area (Å²) >= 11 is 0. The average molecular weight is 276 g/mol. The quantitative estimate of drug-likeness (QED) is 0.861. The predicted molar refractivity (Wildman–Crippen MR) is 80.0 cm³/mol. The van der Waals surface area contributed by atoms with Crippen LogP contribution in [0.5, 0.6) is 0 Å². The van der Waals surface area contributed by atoms with E-state index >= 15 is 0 Å². The van der Waals surface area contributed by atoms with E-state index in [0.29, 0.717) is 12.1 Å². The first kappa shape index (κ1) is 15.0. The second-order valence-electron chi connectivity index (χ2n) is 5.39. The Labute approximate surface area is 120 Å². The Bertz CT molecular complexity index is 448. The third-order valence-electron chi connectivity index (χ3n) is 3.75. The molecule has 1 aliphatic rings. The first-order chi connectivity index (χ1) is 9.69. The molecule has 0 aliphatic carbocycles. The third-order valence-corrected chi connectivity index (χ3v) is 3.75. The molecular formula is C16H24N2O2. The summed E-state index contributed by atoms with van der Waals surface area (Å²) < 4.78 is 5.54. The molecule has 0 unspecified atom stereocenters. The normalized spacial score (nSPS) is 22.5. The predicted octanol–water partition coefficient (Wildman–Crippen LogP) is 1.75. The zero-order valence-electron chi connectivity index (χ0n) is 12.3. The number of hydrogen-bond donors (Lipinski definition) is 2. The summed E-state index contributed by atoms with van der Waals surface area (Å²) in [6.07, 6.45) is 3.47. The van der Waals surface area contributed by atoms with Crippen LogP contribution in [-0.4, -0.2) is 38.3 Å². The van der Waals surface area contributed by atoms with Crippen LogP contribution < -0.4 is 10.6 Å². The minimum atomic E-state index is -0.0296. The number of nitrogens with one attached hydrogen (secondary N) is 2. The van der Waals surface area contributed by atoms with Gasteiger partial charge in [0.25, 0.3) is 5.91 Å². The molecule has 1 aromatic rings. The van der Waals surface area contributed by atoms with Gasteiger partial charge >= 0.3 is 0 Å². The molecule has 2 rings (SSSR count). The molecule has 110 valence electrons. The molecule has 0 saturated carbocycles. The van der Waals surface area contributed by atoms with Gasteiger partial charge in [-0.15, -0.1) is 0 Å². The molecule has 2 atom stereocenters. The first-order valence-electron chi connectivity index (χ1n) is 7.35. The molecular weight excluding hydrogens is 252 g/mol. The zero-order chi connectivity index (χ0) is 14.4. The summed E-state index contributed by atoms with van der Waals surface area (Å²) in [5.41, 5.74) is 1.92. The van der Waals surface area contributed by atoms with Crippen molar-refractivity contribution in [1.82, 2.24) is 10.6 Å². The number of amides is 1. The molecule has 0 radical (unpaired) electrons. The molecule has 1 amide bonds. The molecule has 1 aliphatic heterocycles. The van der Waals surface area contributed by atoms with E-state index in [9.17, 15) is 4.79 Å². The number of carbonyl (C=O) groups excluding carboxylic acids is 1. The van der Waals surface area contributed by atoms with Gasteiger partial charge in [-0.3, -0.25) is 4.79 Å². The number of rotatable bonds is 5. The summed E-state index contributed by atoms with van der Waals surface area (Å²) in [5, 5.41) is 6.24. The largest absolute Gasteiger partial charge is 0.378 e. The van der Waals surface area contributed by atoms with Gasteiger partial charge < -0.3 is 15.4 Å². The van der Waals surface area contributed by atoms with Gasteiger partial charge in [0.1, 0.15) is 0 Å². The smallest absolute Gasteiger partial charge is 0.251 e. The Balaban J connectivity index is 1.80. The van der Waals surface area contributed by atoms with E-state index in [0.717, 1.165) is 38.0 Å². The van der Waals surface area contributed by atoms with Crippen LogP contribution in [0.2, 0.25) is 0 Å². The molecule has 1 heterocycles. The van der Waals surface area contributed by atoms with Gasteiger partial charge in [0.2, 0.25) is 0 Å². The highest BCUT2D eigenvalue weighted by molar-refractivity contribution is 5.94. The van der Waals surface area contributed by atoms with Crippen LogP contribution in [-0.2, 0) is 11.2 Å². The number of carbonyl (C=O) groups is 1. The Morgan fingerprint density at radius 3 is 3.05 bits per heavy atom. The van der Waals surface area contributed by atoms with E-state index in [1.807, 2.05) is 18.2 Å². The number of ether oxygens (including phenoxy) is 1. The van der Waals surface area contributed by atoms with Gasteiger partial charge in [-0.25, -0.2) is 0 Å². The van der Waals surface area contributed by atoms with Gasteiger partial charge in [-0.05, 0) is 50.4 Å². The van der Waals surface area contributed by atoms with Crippen LogP contribution in [0.1, 0.15) is 35.7 Å². The van der Waals surface area contributed by atoms with E-state index in [2.05, 4.69) is 23.6 Å². The van der Waals surface area contributed by atoms with E-state index < -0.39 is 0 Å². The van der Waals surface area contributed by atoms with E-state index in [1.54, 1.807) is 7.05 Å². The first-order valence-corrected chi connectivity index (χ1v) is 7.35. The van der Waals surface area contributed by atoms with Crippen molar-refractivity contribution in [3.8, 4) is 0 Å². The van der Waals surface area contributed by atoms with Crippen molar-refractivity contribution < 1.29 is 9.53 Å². The minimum Gasteiger partial charge on any atom is -0.378 e. The van der Waals surface area contributed by atoms with Crippen molar-refractivity contribution in [2.24, 2.45) is 0 Å². The summed E-state index contributed by atoms with van der Waals surface area (Å²) in [7, 11) is 1.66. The molecule has 0 spiro atoms. The summed E-state index contributed by atoms with van der Waals surface area (Å²) in [5.74, 6) is -0.0296. The van der Waals surface area contributed by atoms with Crippen LogP contribution in [0.25, 0.3) is 0 Å². The molecule has 1 aromatic carbocycles. The summed E-state index contributed by atoms with van der Waals surface area (Å²) in [6, 6.07) is 8.38. The Kier molecular flexibility index (Phi) is 5.56. The van der Waals surface area contributed by atoms with Gasteiger partial charge in [-0.2, -0.15) is 0 Å². The lowest BCUT2D eigenvalue weighted by molar-refractivity contribution is 0.0135. The fourth-order valence-corrected chi connectivity index (χ4v) is 2.62. The average Bonchev–Trinajstić information content (AvgIpc) is 2.47. The van der Waals surface area contributed by atoms with Crippen molar-refractivity contribution >= 4 is 5.91 Å². The maximum Gasteiger partial charge on any atom is 0.251 e. The van der Waals surface area contributed by atoms with Crippen molar-refractivity contribution in [3.63, 3.8) is 0 Å². The van der Waals surface area contributed by atoms with Gasteiger partial charge in [0.15, 0.2) is 0 Å². The number of benzene rings is 1. The lowest BCUT2D eigenvalue weighted by Gasteiger charge is -2.28. The molecule has 1 fully saturated rings. The van der Waals surface area contributed by atoms with Crippen molar-refractivity contribution in [2.75, 3.05) is 20.2 Å². The fourth-order valence-electron chi connectivity index (χ4n) is 2.62. The Morgan fingerprint density at radius 2 is 2.30 bits per heavy atom. The van der Waals surface area contributed by atoms with Crippen LogP contribution >= 0.6 is 0 Å². The van der Waals surface area contributed by atoms with Gasteiger partial charge in [-0.1, -0.05) is 12.1 Å². The molecule has 0 bridgehead atoms. The monoisotopic (exact) mass is 276 g/mol. The molecule has 1 saturated heterocycles. The van der Waals surface area contributed by atoms with E-state index in [4.69, 9.17) is 4.74 Å². The maximum atomic E-state index is 11.6. The maximum absolute atomic E-state index is 11.6. The third kappa shape index (κ3) is 4.32. The standard InChI is InChI=1S/C16H24N2O2/c1-12-10-15(7-9-20-12)18-8-6-13-4-3-5-14(11-13)16(19)17-2/h3-5,11-12,15,18H,6-10H2,1-2H3,(H,17,19)/t12-,15-/m1/s1. The molecule has 4 heteroatoms. The summed E-state index contributed by atoms with van der Waals surface area (Å²) in [6.45, 7) is 3.92. The lowest BCUT2D eigenvalue weighted by Crippen LogP contribution is -2.38. The van der Waals surface area contributed by atoms with Crippen molar-refractivity contribution in [3.05, 3.63) is 35.4 Å². The molecule has 20 heavy (non-hydrogen) atoms. The van der Waals surface area contributed by atoms with Gasteiger partial charge in [0.05, 0.1) is 6.10 Å². The van der Waals surface area contributed by atoms with E-state index in [-0.39, 0.29) is 5.91 Å². The minimum absolute atomic E-state index is 0.0296. The van der Waals surface area contributed by atoms with Crippen LogP contribution in [0.15, 0.2) is 24.3 Å². The van der Waals surface area contributed by atoms with Crippen molar-refractivity contribution in [1.29, 1.82) is 0 Å². The number of hydrogen-bond acceptors (Lipinski definition) is 3. The summed E-state index contributed by atoms with van der Waals surface area (Å²) in [4.78, 5) is 11.6. The highest BCUT2D eigenvalue weighted by Crippen LogP contribution is 2.13. The van der Waals surface area contributed by atoms with Crippen LogP contribution in [0, 0.1) is 0 Å². The lowest BCUT2D eigenvalue weighted by atomic mass is 10.0. The van der Waals surface area contributed by atoms with Crippen LogP contribution in [0.4, 0.5) is 0 Å². The zero-order valence-corrected chi connectivity index (χ0v) is 12.3. The van der Waals surface area contributed by atoms with E-state index in [1.165, 1.54) is 5.56 Å².